The number of halogens is 2. The number of nitrogens with one attached hydrogen (secondary N) is 2. The molecule has 0 saturated carbocycles. The normalized spacial score (nSPS) is 11.6. The van der Waals surface area contributed by atoms with Crippen molar-refractivity contribution in [3.05, 3.63) is 52.5 Å². The van der Waals surface area contributed by atoms with Crippen LogP contribution in [0.1, 0.15) is 6.92 Å². The Morgan fingerprint density at radius 2 is 1.91 bits per heavy atom. The summed E-state index contributed by atoms with van der Waals surface area (Å²) in [6.07, 6.45) is 0. The third-order valence-electron chi connectivity index (χ3n) is 3.02. The highest BCUT2D eigenvalue weighted by molar-refractivity contribution is 6.32. The smallest absolute Gasteiger partial charge is 0.246 e. The highest BCUT2D eigenvalue weighted by atomic mass is 35.5. The fourth-order valence-electron chi connectivity index (χ4n) is 1.89. The summed E-state index contributed by atoms with van der Waals surface area (Å²) in [7, 11) is 1.55. The molecule has 4 nitrogen and oxygen atoms in total. The fourth-order valence-corrected chi connectivity index (χ4v) is 2.34. The molecule has 2 rings (SSSR count). The van der Waals surface area contributed by atoms with Crippen molar-refractivity contribution in [1.82, 2.24) is 0 Å². The number of amides is 1. The molecule has 2 aromatic rings. The van der Waals surface area contributed by atoms with Gasteiger partial charge in [0.2, 0.25) is 5.91 Å². The molecule has 0 aliphatic carbocycles. The summed E-state index contributed by atoms with van der Waals surface area (Å²) < 4.78 is 5.09. The summed E-state index contributed by atoms with van der Waals surface area (Å²) in [5.41, 5.74) is 1.39. The second-order valence-corrected chi connectivity index (χ2v) is 5.56. The van der Waals surface area contributed by atoms with Crippen molar-refractivity contribution in [1.29, 1.82) is 0 Å². The first-order valence-corrected chi connectivity index (χ1v) is 7.41. The minimum Gasteiger partial charge on any atom is -0.495 e. The Morgan fingerprint density at radius 1 is 1.14 bits per heavy atom. The van der Waals surface area contributed by atoms with E-state index in [-0.39, 0.29) is 5.91 Å². The van der Waals surface area contributed by atoms with Crippen LogP contribution in [-0.4, -0.2) is 19.1 Å². The Morgan fingerprint density at radius 3 is 2.55 bits per heavy atom. The SMILES string of the molecule is COc1ccc(N[C@@H](C)C(=O)Nc2cccc(Cl)c2)cc1Cl. The van der Waals surface area contributed by atoms with Crippen LogP contribution in [0.15, 0.2) is 42.5 Å². The minimum atomic E-state index is -0.441. The monoisotopic (exact) mass is 338 g/mol. The molecule has 0 fully saturated rings. The van der Waals surface area contributed by atoms with E-state index in [0.717, 1.165) is 5.69 Å². The van der Waals surface area contributed by atoms with E-state index in [2.05, 4.69) is 10.6 Å². The van der Waals surface area contributed by atoms with Crippen LogP contribution >= 0.6 is 23.2 Å². The van der Waals surface area contributed by atoms with Crippen molar-refractivity contribution in [2.24, 2.45) is 0 Å². The maximum atomic E-state index is 12.2. The number of rotatable bonds is 5. The number of hydrogen-bond acceptors (Lipinski definition) is 3. The van der Waals surface area contributed by atoms with Gasteiger partial charge in [-0.15, -0.1) is 0 Å². The maximum Gasteiger partial charge on any atom is 0.246 e. The summed E-state index contributed by atoms with van der Waals surface area (Å²) in [5.74, 6) is 0.414. The van der Waals surface area contributed by atoms with Gasteiger partial charge in [0, 0.05) is 16.4 Å². The predicted molar refractivity (Wildman–Crippen MR) is 91.2 cm³/mol. The molecule has 1 atom stereocenters. The highest BCUT2D eigenvalue weighted by Gasteiger charge is 2.13. The van der Waals surface area contributed by atoms with Gasteiger partial charge in [0.25, 0.3) is 0 Å². The van der Waals surface area contributed by atoms with Crippen molar-refractivity contribution in [2.45, 2.75) is 13.0 Å². The van der Waals surface area contributed by atoms with Gasteiger partial charge in [-0.2, -0.15) is 0 Å². The Balaban J connectivity index is 2.00. The van der Waals surface area contributed by atoms with Crippen molar-refractivity contribution in [2.75, 3.05) is 17.7 Å². The molecule has 22 heavy (non-hydrogen) atoms. The molecule has 0 spiro atoms. The van der Waals surface area contributed by atoms with Gasteiger partial charge >= 0.3 is 0 Å². The molecule has 0 radical (unpaired) electrons. The molecule has 0 bridgehead atoms. The number of benzene rings is 2. The van der Waals surface area contributed by atoms with Gasteiger partial charge in [-0.05, 0) is 43.3 Å². The number of methoxy groups -OCH3 is 1. The van der Waals surface area contributed by atoms with Crippen LogP contribution in [-0.2, 0) is 4.79 Å². The molecule has 1 amide bonds. The molecule has 0 saturated heterocycles. The molecule has 6 heteroatoms. The highest BCUT2D eigenvalue weighted by Crippen LogP contribution is 2.27. The molecule has 0 aromatic heterocycles. The molecule has 2 N–H and O–H groups in total. The van der Waals surface area contributed by atoms with Crippen molar-refractivity contribution < 1.29 is 9.53 Å². The quantitative estimate of drug-likeness (QED) is 0.847. The van der Waals surface area contributed by atoms with Crippen LogP contribution in [0.2, 0.25) is 10.0 Å². The van der Waals surface area contributed by atoms with Crippen LogP contribution in [0, 0.1) is 0 Å². The van der Waals surface area contributed by atoms with Gasteiger partial charge in [0.1, 0.15) is 11.8 Å². The van der Waals surface area contributed by atoms with Gasteiger partial charge < -0.3 is 15.4 Å². The third-order valence-corrected chi connectivity index (χ3v) is 3.55. The van der Waals surface area contributed by atoms with Gasteiger partial charge in [-0.25, -0.2) is 0 Å². The van der Waals surface area contributed by atoms with E-state index in [0.29, 0.717) is 21.5 Å². The first-order valence-electron chi connectivity index (χ1n) is 6.66. The van der Waals surface area contributed by atoms with Crippen molar-refractivity contribution >= 4 is 40.5 Å². The lowest BCUT2D eigenvalue weighted by Gasteiger charge is -2.16. The lowest BCUT2D eigenvalue weighted by molar-refractivity contribution is -0.116. The zero-order valence-corrected chi connectivity index (χ0v) is 13.7. The number of hydrogen-bond donors (Lipinski definition) is 2. The van der Waals surface area contributed by atoms with E-state index >= 15 is 0 Å². The summed E-state index contributed by atoms with van der Waals surface area (Å²) in [5, 5.41) is 6.93. The first-order chi connectivity index (χ1) is 10.5. The molecule has 0 aliphatic rings. The van der Waals surface area contributed by atoms with Gasteiger partial charge in [0.05, 0.1) is 12.1 Å². The summed E-state index contributed by atoms with van der Waals surface area (Å²) in [4.78, 5) is 12.2. The van der Waals surface area contributed by atoms with E-state index in [1.54, 1.807) is 56.5 Å². The van der Waals surface area contributed by atoms with Crippen LogP contribution in [0.4, 0.5) is 11.4 Å². The largest absolute Gasteiger partial charge is 0.495 e. The number of carbonyl (C=O) groups excluding carboxylic acids is 1. The maximum absolute atomic E-state index is 12.2. The second-order valence-electron chi connectivity index (χ2n) is 4.71. The van der Waals surface area contributed by atoms with Crippen LogP contribution in [0.3, 0.4) is 0 Å². The molecule has 0 heterocycles. The Kier molecular flexibility index (Phi) is 5.52. The average Bonchev–Trinajstić information content (AvgIpc) is 2.47. The molecule has 116 valence electrons. The molecule has 2 aromatic carbocycles. The van der Waals surface area contributed by atoms with Crippen molar-refractivity contribution in [3.8, 4) is 5.75 Å². The van der Waals surface area contributed by atoms with Gasteiger partial charge in [-0.1, -0.05) is 29.3 Å². The average molecular weight is 339 g/mol. The van der Waals surface area contributed by atoms with Gasteiger partial charge in [0.15, 0.2) is 0 Å². The van der Waals surface area contributed by atoms with E-state index < -0.39 is 6.04 Å². The van der Waals surface area contributed by atoms with Gasteiger partial charge in [-0.3, -0.25) is 4.79 Å². The lowest BCUT2D eigenvalue weighted by atomic mass is 10.2. The number of carbonyl (C=O) groups is 1. The third kappa shape index (κ3) is 4.29. The van der Waals surface area contributed by atoms with E-state index in [9.17, 15) is 4.79 Å². The standard InChI is InChI=1S/C16H16Cl2N2O2/c1-10(16(21)20-12-5-3-4-11(17)8-12)19-13-6-7-15(22-2)14(18)9-13/h3-10,19H,1-2H3,(H,20,21)/t10-/m0/s1. The zero-order chi connectivity index (χ0) is 16.1. The molecular weight excluding hydrogens is 323 g/mol. The van der Waals surface area contributed by atoms with Crippen molar-refractivity contribution in [3.63, 3.8) is 0 Å². The summed E-state index contributed by atoms with van der Waals surface area (Å²) >= 11 is 11.9. The Bertz CT molecular complexity index is 677. The molecular formula is C16H16Cl2N2O2. The first kappa shape index (κ1) is 16.5. The summed E-state index contributed by atoms with van der Waals surface area (Å²) in [6, 6.07) is 11.8. The predicted octanol–water partition coefficient (Wildman–Crippen LogP) is 4.44. The zero-order valence-electron chi connectivity index (χ0n) is 12.2. The fraction of sp³-hybridized carbons (Fsp3) is 0.188. The second kappa shape index (κ2) is 7.38. The topological polar surface area (TPSA) is 50.4 Å². The van der Waals surface area contributed by atoms with Crippen LogP contribution < -0.4 is 15.4 Å². The lowest BCUT2D eigenvalue weighted by Crippen LogP contribution is -2.31. The summed E-state index contributed by atoms with van der Waals surface area (Å²) in [6.45, 7) is 1.76. The van der Waals surface area contributed by atoms with Crippen LogP contribution in [0.25, 0.3) is 0 Å². The Hall–Kier alpha value is -1.91. The van der Waals surface area contributed by atoms with E-state index in [1.807, 2.05) is 0 Å². The molecule has 0 aliphatic heterocycles. The molecule has 0 unspecified atom stereocenters. The van der Waals surface area contributed by atoms with E-state index in [1.165, 1.54) is 0 Å². The van der Waals surface area contributed by atoms with E-state index in [4.69, 9.17) is 27.9 Å². The minimum absolute atomic E-state index is 0.172. The Labute approximate surface area is 139 Å². The number of ether oxygens (including phenoxy) is 1. The number of anilines is 2. The van der Waals surface area contributed by atoms with Crippen LogP contribution in [0.5, 0.6) is 5.75 Å².